The van der Waals surface area contributed by atoms with Gasteiger partial charge in [-0.05, 0) is 38.7 Å². The van der Waals surface area contributed by atoms with Crippen LogP contribution in [0.5, 0.6) is 0 Å². The first-order valence-corrected chi connectivity index (χ1v) is 7.07. The zero-order chi connectivity index (χ0) is 14.0. The molecule has 0 aromatic heterocycles. The van der Waals surface area contributed by atoms with Gasteiger partial charge < -0.3 is 4.74 Å². The maximum Gasteiger partial charge on any atom is 0.410 e. The molecule has 0 aromatic rings. The van der Waals surface area contributed by atoms with Crippen LogP contribution in [0.25, 0.3) is 0 Å². The van der Waals surface area contributed by atoms with Gasteiger partial charge in [0.2, 0.25) is 5.70 Å². The van der Waals surface area contributed by atoms with Crippen molar-refractivity contribution >= 4 is 6.09 Å². The maximum absolute atomic E-state index is 12.2. The number of ether oxygens (including phenoxy) is 1. The minimum atomic E-state index is -0.431. The van der Waals surface area contributed by atoms with Crippen LogP contribution in [0, 0.1) is 0 Å². The molecule has 1 unspecified atom stereocenters. The van der Waals surface area contributed by atoms with Gasteiger partial charge in [0, 0.05) is 13.0 Å². The van der Waals surface area contributed by atoms with Crippen LogP contribution < -0.4 is 0 Å². The van der Waals surface area contributed by atoms with E-state index in [4.69, 9.17) is 4.74 Å². The van der Waals surface area contributed by atoms with E-state index in [-0.39, 0.29) is 12.1 Å². The molecule has 0 saturated carbocycles. The van der Waals surface area contributed by atoms with Gasteiger partial charge in [-0.25, -0.2) is 4.79 Å². The lowest BCUT2D eigenvalue weighted by Gasteiger charge is -2.27. The number of rotatable bonds is 3. The number of allylic oxidation sites excluding steroid dienone is 1. The lowest BCUT2D eigenvalue weighted by Crippen LogP contribution is -2.43. The average Bonchev–Trinajstić information content (AvgIpc) is 2.70. The highest BCUT2D eigenvalue weighted by atomic mass is 16.6. The van der Waals surface area contributed by atoms with E-state index in [9.17, 15) is 4.79 Å². The second kappa shape index (κ2) is 5.31. The van der Waals surface area contributed by atoms with Crippen LogP contribution in [-0.4, -0.2) is 40.4 Å². The molecule has 19 heavy (non-hydrogen) atoms. The van der Waals surface area contributed by atoms with Crippen molar-refractivity contribution in [1.82, 2.24) is 4.90 Å². The minimum absolute atomic E-state index is 0.197. The van der Waals surface area contributed by atoms with E-state index in [1.165, 1.54) is 5.70 Å². The average molecular weight is 266 g/mol. The van der Waals surface area contributed by atoms with Crippen LogP contribution in [0.15, 0.2) is 17.0 Å². The predicted octanol–water partition coefficient (Wildman–Crippen LogP) is 3.12. The Hall–Kier alpha value is -1.39. The van der Waals surface area contributed by atoms with Gasteiger partial charge in [-0.1, -0.05) is 11.6 Å². The van der Waals surface area contributed by atoms with Gasteiger partial charge in [-0.15, -0.1) is 0 Å². The summed E-state index contributed by atoms with van der Waals surface area (Å²) in [5, 5.41) is 4.25. The summed E-state index contributed by atoms with van der Waals surface area (Å²) in [6, 6.07) is 0.217. The van der Waals surface area contributed by atoms with Crippen molar-refractivity contribution < 1.29 is 14.2 Å². The number of likely N-dealkylation sites (tertiary alicyclic amines) is 1. The first-order chi connectivity index (χ1) is 8.90. The Kier molecular flexibility index (Phi) is 3.92. The third-order valence-corrected chi connectivity index (χ3v) is 3.43. The maximum atomic E-state index is 12.2. The second-order valence-electron chi connectivity index (χ2n) is 6.14. The monoisotopic (exact) mass is 266 g/mol. The van der Waals surface area contributed by atoms with Crippen molar-refractivity contribution in [3.05, 3.63) is 11.9 Å². The van der Waals surface area contributed by atoms with Crippen molar-refractivity contribution in [2.45, 2.75) is 58.6 Å². The van der Waals surface area contributed by atoms with E-state index < -0.39 is 5.60 Å². The van der Waals surface area contributed by atoms with Gasteiger partial charge in [0.05, 0.1) is 6.04 Å². The third kappa shape index (κ3) is 3.33. The molecule has 2 rings (SSSR count). The summed E-state index contributed by atoms with van der Waals surface area (Å²) in [7, 11) is 0. The molecular formula is C14H24N3O2+. The largest absolute Gasteiger partial charge is 0.444 e. The summed E-state index contributed by atoms with van der Waals surface area (Å²) in [4.78, 5) is 14.0. The number of hydrogen-bond acceptors (Lipinski definition) is 3. The number of carbonyl (C=O) groups excluding carboxylic acids is 1. The van der Waals surface area contributed by atoms with E-state index >= 15 is 0 Å². The van der Waals surface area contributed by atoms with Crippen LogP contribution in [-0.2, 0) is 4.74 Å². The van der Waals surface area contributed by atoms with Crippen LogP contribution in [0.1, 0.15) is 47.0 Å². The highest BCUT2D eigenvalue weighted by molar-refractivity contribution is 5.68. The van der Waals surface area contributed by atoms with E-state index in [2.05, 4.69) is 12.0 Å². The Balaban J connectivity index is 1.92. The third-order valence-electron chi connectivity index (χ3n) is 3.43. The molecule has 1 amide bonds. The number of amides is 1. The van der Waals surface area contributed by atoms with E-state index in [0.29, 0.717) is 0 Å². The molecule has 0 N–H and O–H groups in total. The SMILES string of the molecule is CCC1=CN=[N+]1CC1CCCN1C(=O)OC(C)(C)C. The lowest BCUT2D eigenvalue weighted by molar-refractivity contribution is -0.569. The second-order valence-corrected chi connectivity index (χ2v) is 6.14. The van der Waals surface area contributed by atoms with Crippen LogP contribution >= 0.6 is 0 Å². The molecule has 0 bridgehead atoms. The highest BCUT2D eigenvalue weighted by Gasteiger charge is 2.37. The van der Waals surface area contributed by atoms with Crippen molar-refractivity contribution in [3.8, 4) is 0 Å². The summed E-state index contributed by atoms with van der Waals surface area (Å²) in [5.74, 6) is 0. The van der Waals surface area contributed by atoms with Crippen LogP contribution in [0.2, 0.25) is 0 Å². The van der Waals surface area contributed by atoms with Gasteiger partial charge in [0.25, 0.3) is 0 Å². The van der Waals surface area contributed by atoms with Gasteiger partial charge in [-0.3, -0.25) is 4.90 Å². The molecule has 0 radical (unpaired) electrons. The highest BCUT2D eigenvalue weighted by Crippen LogP contribution is 2.23. The van der Waals surface area contributed by atoms with Crippen molar-refractivity contribution in [3.63, 3.8) is 0 Å². The molecule has 106 valence electrons. The fraction of sp³-hybridized carbons (Fsp3) is 0.786. The summed E-state index contributed by atoms with van der Waals surface area (Å²) >= 11 is 0. The lowest BCUT2D eigenvalue weighted by atomic mass is 10.2. The Bertz CT molecular complexity index is 421. The zero-order valence-corrected chi connectivity index (χ0v) is 12.3. The first-order valence-electron chi connectivity index (χ1n) is 7.07. The van der Waals surface area contributed by atoms with Gasteiger partial charge in [0.15, 0.2) is 12.7 Å². The standard InChI is InChI=1S/C14H24N3O2/c1-5-11-9-15-17(11)10-12-7-6-8-16(12)13(18)19-14(2,3)4/h9,12H,5-8,10H2,1-4H3/q+1. The van der Waals surface area contributed by atoms with Crippen molar-refractivity contribution in [1.29, 1.82) is 0 Å². The van der Waals surface area contributed by atoms with Gasteiger partial charge in [-0.2, -0.15) is 0 Å². The van der Waals surface area contributed by atoms with E-state index in [0.717, 1.165) is 32.4 Å². The molecule has 2 aliphatic rings. The normalized spacial score (nSPS) is 22.7. The molecule has 0 spiro atoms. The number of azo groups is 2. The fourth-order valence-electron chi connectivity index (χ4n) is 2.45. The first kappa shape index (κ1) is 14.0. The fourth-order valence-corrected chi connectivity index (χ4v) is 2.45. The molecule has 0 aromatic carbocycles. The van der Waals surface area contributed by atoms with Gasteiger partial charge in [0.1, 0.15) is 5.60 Å². The van der Waals surface area contributed by atoms with Crippen LogP contribution in [0.4, 0.5) is 4.79 Å². The van der Waals surface area contributed by atoms with E-state index in [1.807, 2.05) is 36.6 Å². The Morgan fingerprint density at radius 1 is 1.58 bits per heavy atom. The Morgan fingerprint density at radius 2 is 2.32 bits per heavy atom. The quantitative estimate of drug-likeness (QED) is 0.737. The van der Waals surface area contributed by atoms with E-state index in [1.54, 1.807) is 0 Å². The zero-order valence-electron chi connectivity index (χ0n) is 12.3. The minimum Gasteiger partial charge on any atom is -0.444 e. The van der Waals surface area contributed by atoms with Gasteiger partial charge >= 0.3 is 6.09 Å². The summed E-state index contributed by atoms with van der Waals surface area (Å²) < 4.78 is 7.47. The van der Waals surface area contributed by atoms with Crippen molar-refractivity contribution in [2.24, 2.45) is 5.11 Å². The molecule has 0 aliphatic carbocycles. The predicted molar refractivity (Wildman–Crippen MR) is 71.9 cm³/mol. The Morgan fingerprint density at radius 3 is 2.84 bits per heavy atom. The number of carbonyl (C=O) groups is 1. The number of hydrogen-bond donors (Lipinski definition) is 0. The summed E-state index contributed by atoms with van der Waals surface area (Å²) in [6.07, 6.45) is 4.76. The summed E-state index contributed by atoms with van der Waals surface area (Å²) in [6.45, 7) is 9.40. The summed E-state index contributed by atoms with van der Waals surface area (Å²) in [5.41, 5.74) is 0.816. The van der Waals surface area contributed by atoms with Crippen molar-refractivity contribution in [2.75, 3.05) is 13.1 Å². The topological polar surface area (TPSA) is 44.9 Å². The molecule has 2 aliphatic heterocycles. The smallest absolute Gasteiger partial charge is 0.410 e. The molecule has 2 heterocycles. The number of nitrogens with zero attached hydrogens (tertiary/aromatic N) is 3. The van der Waals surface area contributed by atoms with Crippen LogP contribution in [0.3, 0.4) is 0 Å². The Labute approximate surface area is 114 Å². The molecule has 1 atom stereocenters. The molecular weight excluding hydrogens is 242 g/mol. The molecule has 5 nitrogen and oxygen atoms in total. The molecule has 1 saturated heterocycles. The molecule has 1 fully saturated rings. The molecule has 5 heteroatoms.